The maximum absolute atomic E-state index is 9.99. The Hall–Kier alpha value is -2.67. The molecule has 0 spiro atoms. The maximum Gasteiger partial charge on any atom is 0.150 e. The molecule has 7 nitrogen and oxygen atoms in total. The zero-order valence-corrected chi connectivity index (χ0v) is 12.7. The predicted octanol–water partition coefficient (Wildman–Crippen LogP) is 1.30. The van der Waals surface area contributed by atoms with Crippen LogP contribution in [0.4, 0.5) is 5.69 Å². The molecular formula is C16H20N6O. The lowest BCUT2D eigenvalue weighted by molar-refractivity contribution is 0.477. The van der Waals surface area contributed by atoms with Crippen LogP contribution < -0.4 is 16.4 Å². The second-order valence-electron chi connectivity index (χ2n) is 5.61. The number of phenols is 1. The Labute approximate surface area is 134 Å². The van der Waals surface area contributed by atoms with E-state index in [1.165, 1.54) is 0 Å². The number of aromatic nitrogens is 2. The van der Waals surface area contributed by atoms with Gasteiger partial charge in [-0.2, -0.15) is 0 Å². The van der Waals surface area contributed by atoms with Crippen molar-refractivity contribution in [1.82, 2.24) is 15.5 Å². The van der Waals surface area contributed by atoms with Crippen LogP contribution in [0.2, 0.25) is 0 Å². The molecule has 0 radical (unpaired) electrons. The summed E-state index contributed by atoms with van der Waals surface area (Å²) in [4.78, 5) is 0. The van der Waals surface area contributed by atoms with E-state index < -0.39 is 0 Å². The number of piperidine rings is 1. The van der Waals surface area contributed by atoms with Gasteiger partial charge in [0, 0.05) is 18.2 Å². The molecule has 1 unspecified atom stereocenters. The zero-order chi connectivity index (χ0) is 16.2. The number of para-hydroxylation sites is 1. The van der Waals surface area contributed by atoms with Crippen LogP contribution in [-0.2, 0) is 0 Å². The summed E-state index contributed by atoms with van der Waals surface area (Å²) in [7, 11) is 0. The first-order chi connectivity index (χ1) is 11.1. The van der Waals surface area contributed by atoms with Crippen molar-refractivity contribution in [3.63, 3.8) is 0 Å². The molecule has 0 amide bonds. The van der Waals surface area contributed by atoms with Gasteiger partial charge >= 0.3 is 0 Å². The van der Waals surface area contributed by atoms with Crippen molar-refractivity contribution in [2.45, 2.75) is 18.9 Å². The van der Waals surface area contributed by atoms with Crippen LogP contribution in [0.3, 0.4) is 0 Å². The number of hydrogen-bond acceptors (Lipinski definition) is 6. The van der Waals surface area contributed by atoms with E-state index in [1.807, 2.05) is 6.07 Å². The SMILES string of the molecule is N=C(N)c1nnc(-c2ccccc2O)cc1NC1CCCNC1. The van der Waals surface area contributed by atoms with Crippen molar-refractivity contribution in [1.29, 1.82) is 5.41 Å². The van der Waals surface area contributed by atoms with Crippen molar-refractivity contribution in [2.75, 3.05) is 18.4 Å². The van der Waals surface area contributed by atoms with Gasteiger partial charge in [0.05, 0.1) is 11.4 Å². The molecular weight excluding hydrogens is 292 g/mol. The summed E-state index contributed by atoms with van der Waals surface area (Å²) in [6.45, 7) is 1.88. The fourth-order valence-electron chi connectivity index (χ4n) is 2.72. The first-order valence-electron chi connectivity index (χ1n) is 7.63. The van der Waals surface area contributed by atoms with E-state index in [9.17, 15) is 5.11 Å². The Balaban J connectivity index is 1.96. The number of hydrogen-bond donors (Lipinski definition) is 5. The average molecular weight is 312 g/mol. The van der Waals surface area contributed by atoms with Gasteiger partial charge < -0.3 is 21.5 Å². The lowest BCUT2D eigenvalue weighted by atomic mass is 10.1. The first kappa shape index (κ1) is 15.2. The number of nitrogen functional groups attached to an aromatic ring is 1. The third kappa shape index (κ3) is 3.40. The van der Waals surface area contributed by atoms with Gasteiger partial charge in [-0.25, -0.2) is 0 Å². The summed E-state index contributed by atoms with van der Waals surface area (Å²) in [5.41, 5.74) is 7.75. The molecule has 2 aromatic rings. The van der Waals surface area contributed by atoms with Gasteiger partial charge in [-0.05, 0) is 37.6 Å². The summed E-state index contributed by atoms with van der Waals surface area (Å²) < 4.78 is 0. The Morgan fingerprint density at radius 2 is 2.17 bits per heavy atom. The summed E-state index contributed by atoms with van der Waals surface area (Å²) in [6.07, 6.45) is 2.14. The fraction of sp³-hybridized carbons (Fsp3) is 0.312. The number of nitrogens with two attached hydrogens (primary N) is 1. The molecule has 6 N–H and O–H groups in total. The molecule has 23 heavy (non-hydrogen) atoms. The van der Waals surface area contributed by atoms with E-state index in [1.54, 1.807) is 24.3 Å². The highest BCUT2D eigenvalue weighted by molar-refractivity contribution is 5.98. The molecule has 0 bridgehead atoms. The average Bonchev–Trinajstić information content (AvgIpc) is 2.56. The van der Waals surface area contributed by atoms with Gasteiger partial charge in [-0.1, -0.05) is 12.1 Å². The molecule has 120 valence electrons. The second kappa shape index (κ2) is 6.62. The van der Waals surface area contributed by atoms with Crippen LogP contribution in [0.15, 0.2) is 30.3 Å². The number of aromatic hydroxyl groups is 1. The number of benzene rings is 1. The standard InChI is InChI=1S/C16H20N6O/c17-16(18)15-13(20-10-4-3-7-19-9-10)8-12(21-22-15)11-5-1-2-6-14(11)23/h1-2,5-6,8,10,19,23H,3-4,7,9H2,(H3,17,18)(H,20,21). The van der Waals surface area contributed by atoms with Gasteiger partial charge in [0.15, 0.2) is 5.69 Å². The van der Waals surface area contributed by atoms with Crippen molar-refractivity contribution >= 4 is 11.5 Å². The van der Waals surface area contributed by atoms with Crippen molar-refractivity contribution in [3.8, 4) is 17.0 Å². The fourth-order valence-corrected chi connectivity index (χ4v) is 2.72. The lowest BCUT2D eigenvalue weighted by Gasteiger charge is -2.25. The Kier molecular flexibility index (Phi) is 4.38. The number of rotatable bonds is 4. The molecule has 1 fully saturated rings. The minimum absolute atomic E-state index is 0.132. The molecule has 1 aromatic carbocycles. The second-order valence-corrected chi connectivity index (χ2v) is 5.61. The van der Waals surface area contributed by atoms with Gasteiger partial charge in [0.1, 0.15) is 11.6 Å². The van der Waals surface area contributed by atoms with E-state index in [0.717, 1.165) is 25.9 Å². The van der Waals surface area contributed by atoms with Crippen LogP contribution >= 0.6 is 0 Å². The van der Waals surface area contributed by atoms with E-state index in [0.29, 0.717) is 22.6 Å². The van der Waals surface area contributed by atoms with E-state index in [-0.39, 0.29) is 17.6 Å². The van der Waals surface area contributed by atoms with Crippen molar-refractivity contribution in [3.05, 3.63) is 36.0 Å². The highest BCUT2D eigenvalue weighted by Crippen LogP contribution is 2.29. The van der Waals surface area contributed by atoms with Gasteiger partial charge in [0.25, 0.3) is 0 Å². The number of amidine groups is 1. The van der Waals surface area contributed by atoms with Crippen LogP contribution in [-0.4, -0.2) is 40.3 Å². The number of nitrogens with zero attached hydrogens (tertiary/aromatic N) is 2. The summed E-state index contributed by atoms with van der Waals surface area (Å²) in [5, 5.41) is 32.6. The number of phenolic OH excluding ortho intramolecular Hbond substituents is 1. The highest BCUT2D eigenvalue weighted by Gasteiger charge is 2.18. The Bertz CT molecular complexity index is 711. The Morgan fingerprint density at radius 1 is 1.35 bits per heavy atom. The van der Waals surface area contributed by atoms with Gasteiger partial charge in [-0.3, -0.25) is 5.41 Å². The van der Waals surface area contributed by atoms with Crippen molar-refractivity contribution in [2.24, 2.45) is 5.73 Å². The van der Waals surface area contributed by atoms with Gasteiger partial charge in [0.2, 0.25) is 0 Å². The van der Waals surface area contributed by atoms with Gasteiger partial charge in [-0.15, -0.1) is 10.2 Å². The molecule has 1 saturated heterocycles. The summed E-state index contributed by atoms with van der Waals surface area (Å²) in [6, 6.07) is 9.00. The maximum atomic E-state index is 9.99. The largest absolute Gasteiger partial charge is 0.507 e. The minimum Gasteiger partial charge on any atom is -0.507 e. The quantitative estimate of drug-likeness (QED) is 0.429. The highest BCUT2D eigenvalue weighted by atomic mass is 16.3. The van der Waals surface area contributed by atoms with E-state index in [4.69, 9.17) is 11.1 Å². The first-order valence-corrected chi connectivity index (χ1v) is 7.63. The molecule has 3 rings (SSSR count). The normalized spacial score (nSPS) is 17.7. The van der Waals surface area contributed by atoms with Crippen molar-refractivity contribution < 1.29 is 5.11 Å². The van der Waals surface area contributed by atoms with Crippen LogP contribution in [0.1, 0.15) is 18.5 Å². The molecule has 7 heteroatoms. The molecule has 2 heterocycles. The number of anilines is 1. The summed E-state index contributed by atoms with van der Waals surface area (Å²) >= 11 is 0. The van der Waals surface area contributed by atoms with Crippen LogP contribution in [0.25, 0.3) is 11.3 Å². The molecule has 1 atom stereocenters. The van der Waals surface area contributed by atoms with Crippen LogP contribution in [0, 0.1) is 5.41 Å². The van der Waals surface area contributed by atoms with E-state index >= 15 is 0 Å². The number of nitrogens with one attached hydrogen (secondary N) is 3. The smallest absolute Gasteiger partial charge is 0.150 e. The molecule has 0 saturated carbocycles. The molecule has 1 aliphatic heterocycles. The monoisotopic (exact) mass is 312 g/mol. The third-order valence-electron chi connectivity index (χ3n) is 3.89. The summed E-state index contributed by atoms with van der Waals surface area (Å²) in [5.74, 6) is 0.00950. The topological polar surface area (TPSA) is 120 Å². The molecule has 1 aliphatic rings. The molecule has 0 aliphatic carbocycles. The zero-order valence-electron chi connectivity index (χ0n) is 12.7. The minimum atomic E-state index is -0.132. The predicted molar refractivity (Wildman–Crippen MR) is 89.7 cm³/mol. The third-order valence-corrected chi connectivity index (χ3v) is 3.89. The van der Waals surface area contributed by atoms with E-state index in [2.05, 4.69) is 20.8 Å². The van der Waals surface area contributed by atoms with Crippen LogP contribution in [0.5, 0.6) is 5.75 Å². The molecule has 1 aromatic heterocycles. The Morgan fingerprint density at radius 3 is 2.87 bits per heavy atom. The lowest BCUT2D eigenvalue weighted by Crippen LogP contribution is -2.39.